The normalized spacial score (nSPS) is 11.9. The second-order valence-corrected chi connectivity index (χ2v) is 17.7. The van der Waals surface area contributed by atoms with E-state index < -0.39 is 0 Å². The quantitative estimate of drug-likeness (QED) is 0.174. The SMILES string of the molecule is c1ccc(-c2nc(-c3ccc4ccccc4c3)nc(-c3cccc4oc5ccc(-c6cc(-c7ccc8c(c7)sc7ccccc78)cc7sc8ccccc8c67)cc5c34)n2)cc1. The summed E-state index contributed by atoms with van der Waals surface area (Å²) < 4.78 is 11.8. The fourth-order valence-electron chi connectivity index (χ4n) is 9.01. The standard InChI is InChI=1S/C55H31N3OS2/c1-2-12-33(13-3-1)53-56-54(37-22-21-32-11-4-5-14-34(32)27-37)58-55(57-53)42-17-10-18-46-51(42)44-28-36(24-26-45(44)59-46)43-29-38(31-50-52(43)41-16-7-9-20-48(41)61-50)35-23-25-40-39-15-6-8-19-47(39)60-49(40)30-35/h1-31H. The number of hydrogen-bond acceptors (Lipinski definition) is 6. The average Bonchev–Trinajstić information content (AvgIpc) is 4.02. The first-order chi connectivity index (χ1) is 30.2. The van der Waals surface area contributed by atoms with Gasteiger partial charge in [0.1, 0.15) is 11.2 Å². The largest absolute Gasteiger partial charge is 0.456 e. The van der Waals surface area contributed by atoms with Gasteiger partial charge in [-0.3, -0.25) is 0 Å². The lowest BCUT2D eigenvalue weighted by Gasteiger charge is -2.11. The Morgan fingerprint density at radius 2 is 0.984 bits per heavy atom. The lowest BCUT2D eigenvalue weighted by atomic mass is 9.93. The molecule has 0 saturated carbocycles. The number of benzene rings is 9. The molecule has 0 spiro atoms. The molecule has 0 aliphatic carbocycles. The zero-order valence-electron chi connectivity index (χ0n) is 32.5. The van der Waals surface area contributed by atoms with Crippen LogP contribution in [0.3, 0.4) is 0 Å². The second kappa shape index (κ2) is 13.5. The number of rotatable bonds is 5. The minimum atomic E-state index is 0.598. The van der Waals surface area contributed by atoms with Gasteiger partial charge in [-0.05, 0) is 87.6 Å². The van der Waals surface area contributed by atoms with Crippen LogP contribution in [0.25, 0.3) is 129 Å². The predicted octanol–water partition coefficient (Wildman–Crippen LogP) is 16.0. The molecule has 0 aliphatic heterocycles. The van der Waals surface area contributed by atoms with Crippen molar-refractivity contribution in [3.8, 4) is 56.4 Å². The van der Waals surface area contributed by atoms with E-state index in [4.69, 9.17) is 19.4 Å². The minimum absolute atomic E-state index is 0.598. The van der Waals surface area contributed by atoms with Crippen LogP contribution in [0.2, 0.25) is 0 Å². The van der Waals surface area contributed by atoms with Gasteiger partial charge in [0.2, 0.25) is 0 Å². The molecule has 13 rings (SSSR count). The Hall–Kier alpha value is -7.51. The van der Waals surface area contributed by atoms with E-state index in [0.717, 1.165) is 49.6 Å². The van der Waals surface area contributed by atoms with E-state index in [1.54, 1.807) is 0 Å². The van der Waals surface area contributed by atoms with E-state index in [-0.39, 0.29) is 0 Å². The van der Waals surface area contributed by atoms with Gasteiger partial charge in [-0.2, -0.15) is 0 Å². The summed E-state index contributed by atoms with van der Waals surface area (Å²) >= 11 is 3.71. The number of fused-ring (bicyclic) bond motifs is 10. The van der Waals surface area contributed by atoms with Crippen LogP contribution in [-0.4, -0.2) is 15.0 Å². The maximum Gasteiger partial charge on any atom is 0.164 e. The molecular formula is C55H31N3OS2. The zero-order chi connectivity index (χ0) is 40.0. The van der Waals surface area contributed by atoms with Gasteiger partial charge < -0.3 is 4.42 Å². The highest BCUT2D eigenvalue weighted by molar-refractivity contribution is 7.26. The van der Waals surface area contributed by atoms with Gasteiger partial charge in [0.25, 0.3) is 0 Å². The Kier molecular flexibility index (Phi) is 7.61. The van der Waals surface area contributed by atoms with Crippen molar-refractivity contribution in [2.24, 2.45) is 0 Å². The minimum Gasteiger partial charge on any atom is -0.456 e. The summed E-state index contributed by atoms with van der Waals surface area (Å²) in [6, 6.07) is 66.9. The van der Waals surface area contributed by atoms with E-state index in [2.05, 4.69) is 146 Å². The molecule has 284 valence electrons. The predicted molar refractivity (Wildman–Crippen MR) is 258 cm³/mol. The third-order valence-corrected chi connectivity index (χ3v) is 14.2. The third-order valence-electron chi connectivity index (χ3n) is 11.9. The fourth-order valence-corrected chi connectivity index (χ4v) is 11.3. The Labute approximate surface area is 357 Å². The molecule has 0 saturated heterocycles. The Bertz CT molecular complexity index is 3900. The topological polar surface area (TPSA) is 51.8 Å². The van der Waals surface area contributed by atoms with Gasteiger partial charge in [0.15, 0.2) is 17.5 Å². The number of thiophene rings is 2. The molecule has 0 unspecified atom stereocenters. The van der Waals surface area contributed by atoms with Crippen LogP contribution in [0.5, 0.6) is 0 Å². The molecule has 13 aromatic rings. The van der Waals surface area contributed by atoms with E-state index in [0.29, 0.717) is 17.5 Å². The first-order valence-electron chi connectivity index (χ1n) is 20.3. The second-order valence-electron chi connectivity index (χ2n) is 15.5. The molecule has 4 aromatic heterocycles. The summed E-state index contributed by atoms with van der Waals surface area (Å²) in [4.78, 5) is 15.4. The highest BCUT2D eigenvalue weighted by Crippen LogP contribution is 2.46. The smallest absolute Gasteiger partial charge is 0.164 e. The monoisotopic (exact) mass is 813 g/mol. The van der Waals surface area contributed by atoms with Gasteiger partial charge in [-0.25, -0.2) is 15.0 Å². The molecule has 0 aliphatic rings. The molecule has 0 N–H and O–H groups in total. The summed E-state index contributed by atoms with van der Waals surface area (Å²) in [7, 11) is 0. The van der Waals surface area contributed by atoms with Crippen molar-refractivity contribution in [3.63, 3.8) is 0 Å². The Balaban J connectivity index is 1.02. The molecule has 6 heteroatoms. The van der Waals surface area contributed by atoms with Crippen molar-refractivity contribution in [2.45, 2.75) is 0 Å². The van der Waals surface area contributed by atoms with Crippen LogP contribution in [-0.2, 0) is 0 Å². The summed E-state index contributed by atoms with van der Waals surface area (Å²) in [6.07, 6.45) is 0. The van der Waals surface area contributed by atoms with Crippen LogP contribution < -0.4 is 0 Å². The highest BCUT2D eigenvalue weighted by atomic mass is 32.1. The van der Waals surface area contributed by atoms with E-state index >= 15 is 0 Å². The van der Waals surface area contributed by atoms with Crippen LogP contribution >= 0.6 is 22.7 Å². The van der Waals surface area contributed by atoms with Crippen LogP contribution in [0.15, 0.2) is 192 Å². The molecule has 61 heavy (non-hydrogen) atoms. The molecule has 0 bridgehead atoms. The third kappa shape index (κ3) is 5.61. The zero-order valence-corrected chi connectivity index (χ0v) is 34.1. The van der Waals surface area contributed by atoms with Crippen molar-refractivity contribution in [3.05, 3.63) is 188 Å². The van der Waals surface area contributed by atoms with E-state index in [9.17, 15) is 0 Å². The summed E-state index contributed by atoms with van der Waals surface area (Å²) in [5.41, 5.74) is 9.09. The van der Waals surface area contributed by atoms with Crippen molar-refractivity contribution in [2.75, 3.05) is 0 Å². The number of nitrogens with zero attached hydrogens (tertiary/aromatic N) is 3. The van der Waals surface area contributed by atoms with Gasteiger partial charge in [-0.15, -0.1) is 22.7 Å². The maximum atomic E-state index is 6.62. The Morgan fingerprint density at radius 3 is 1.87 bits per heavy atom. The van der Waals surface area contributed by atoms with Crippen molar-refractivity contribution in [1.29, 1.82) is 0 Å². The summed E-state index contributed by atoms with van der Waals surface area (Å²) in [5, 5.41) is 9.45. The molecule has 0 atom stereocenters. The Morgan fingerprint density at radius 1 is 0.311 bits per heavy atom. The molecular weight excluding hydrogens is 783 g/mol. The van der Waals surface area contributed by atoms with Gasteiger partial charge >= 0.3 is 0 Å². The first-order valence-corrected chi connectivity index (χ1v) is 22.0. The lowest BCUT2D eigenvalue weighted by Crippen LogP contribution is -2.00. The van der Waals surface area contributed by atoms with Gasteiger partial charge in [0, 0.05) is 67.8 Å². The molecule has 9 aromatic carbocycles. The molecule has 4 nitrogen and oxygen atoms in total. The summed E-state index contributed by atoms with van der Waals surface area (Å²) in [6.45, 7) is 0. The molecule has 0 amide bonds. The molecule has 0 radical (unpaired) electrons. The molecule has 0 fully saturated rings. The number of hydrogen-bond donors (Lipinski definition) is 0. The molecule has 4 heterocycles. The van der Waals surface area contributed by atoms with Crippen molar-refractivity contribution < 1.29 is 4.42 Å². The van der Waals surface area contributed by atoms with Crippen LogP contribution in [0.4, 0.5) is 0 Å². The van der Waals surface area contributed by atoms with Gasteiger partial charge in [0.05, 0.1) is 0 Å². The number of furan rings is 1. The lowest BCUT2D eigenvalue weighted by molar-refractivity contribution is 0.669. The van der Waals surface area contributed by atoms with Crippen LogP contribution in [0, 0.1) is 0 Å². The fraction of sp³-hybridized carbons (Fsp3) is 0. The van der Waals surface area contributed by atoms with Crippen molar-refractivity contribution in [1.82, 2.24) is 15.0 Å². The van der Waals surface area contributed by atoms with E-state index in [1.807, 2.05) is 65.1 Å². The van der Waals surface area contributed by atoms with E-state index in [1.165, 1.54) is 62.4 Å². The maximum absolute atomic E-state index is 6.62. The van der Waals surface area contributed by atoms with Crippen LogP contribution in [0.1, 0.15) is 0 Å². The summed E-state index contributed by atoms with van der Waals surface area (Å²) in [5.74, 6) is 1.84. The number of aromatic nitrogens is 3. The first kappa shape index (κ1) is 34.4. The van der Waals surface area contributed by atoms with Crippen molar-refractivity contribution >= 4 is 95.7 Å². The highest BCUT2D eigenvalue weighted by Gasteiger charge is 2.20. The average molecular weight is 814 g/mol. The van der Waals surface area contributed by atoms with Gasteiger partial charge in [-0.1, -0.05) is 133 Å².